The van der Waals surface area contributed by atoms with Crippen molar-refractivity contribution < 1.29 is 14.6 Å². The number of aromatic nitrogens is 1. The Hall–Kier alpha value is -1.88. The molecule has 0 saturated carbocycles. The van der Waals surface area contributed by atoms with Crippen LogP contribution >= 0.6 is 11.3 Å². The summed E-state index contributed by atoms with van der Waals surface area (Å²) in [6.07, 6.45) is 1.36. The molecule has 106 valence electrons. The van der Waals surface area contributed by atoms with E-state index in [1.807, 2.05) is 24.3 Å². The highest BCUT2D eigenvalue weighted by atomic mass is 32.1. The molecule has 0 spiro atoms. The van der Waals surface area contributed by atoms with Crippen LogP contribution in [0.1, 0.15) is 41.0 Å². The maximum Gasteiger partial charge on any atom is 0.347 e. The van der Waals surface area contributed by atoms with Crippen LogP contribution in [0.2, 0.25) is 0 Å². The third kappa shape index (κ3) is 3.57. The molecule has 0 bridgehead atoms. The van der Waals surface area contributed by atoms with Crippen LogP contribution in [0.3, 0.4) is 0 Å². The van der Waals surface area contributed by atoms with Gasteiger partial charge in [0.15, 0.2) is 0 Å². The first kappa shape index (κ1) is 14.5. The quantitative estimate of drug-likeness (QED) is 0.932. The van der Waals surface area contributed by atoms with Crippen LogP contribution in [0.25, 0.3) is 0 Å². The summed E-state index contributed by atoms with van der Waals surface area (Å²) in [5.74, 6) is -0.201. The minimum Gasteiger partial charge on any atom is -0.486 e. The van der Waals surface area contributed by atoms with E-state index >= 15 is 0 Å². The van der Waals surface area contributed by atoms with Gasteiger partial charge in [-0.3, -0.25) is 0 Å². The molecule has 0 atom stereocenters. The van der Waals surface area contributed by atoms with Gasteiger partial charge < -0.3 is 9.84 Å². The van der Waals surface area contributed by atoms with Gasteiger partial charge in [-0.2, -0.15) is 0 Å². The zero-order valence-corrected chi connectivity index (χ0v) is 12.5. The van der Waals surface area contributed by atoms with Gasteiger partial charge in [-0.1, -0.05) is 32.9 Å². The molecule has 0 fully saturated rings. The molecule has 5 heteroatoms. The fourth-order valence-corrected chi connectivity index (χ4v) is 2.34. The molecule has 0 aliphatic rings. The summed E-state index contributed by atoms with van der Waals surface area (Å²) in [7, 11) is 0. The van der Waals surface area contributed by atoms with E-state index < -0.39 is 5.97 Å². The van der Waals surface area contributed by atoms with Crippen molar-refractivity contribution in [2.75, 3.05) is 0 Å². The van der Waals surface area contributed by atoms with Crippen molar-refractivity contribution in [3.8, 4) is 5.75 Å². The van der Waals surface area contributed by atoms with E-state index in [0.29, 0.717) is 5.01 Å². The highest BCUT2D eigenvalue weighted by Crippen LogP contribution is 2.25. The van der Waals surface area contributed by atoms with Crippen LogP contribution in [0.5, 0.6) is 5.75 Å². The molecule has 0 radical (unpaired) electrons. The van der Waals surface area contributed by atoms with Gasteiger partial charge in [-0.05, 0) is 23.1 Å². The van der Waals surface area contributed by atoms with Gasteiger partial charge in [-0.15, -0.1) is 11.3 Å². The Bertz CT molecular complexity index is 596. The van der Waals surface area contributed by atoms with Gasteiger partial charge >= 0.3 is 5.97 Å². The van der Waals surface area contributed by atoms with Gasteiger partial charge in [0.2, 0.25) is 0 Å². The first-order valence-corrected chi connectivity index (χ1v) is 7.09. The summed E-state index contributed by atoms with van der Waals surface area (Å²) in [5.41, 5.74) is 1.36. The van der Waals surface area contributed by atoms with Crippen molar-refractivity contribution in [2.24, 2.45) is 0 Å². The number of rotatable bonds is 4. The number of carboxylic acids is 1. The minimum atomic E-state index is -0.955. The zero-order valence-electron chi connectivity index (χ0n) is 11.7. The SMILES string of the molecule is CC(C)(C)c1ccc(OCc2ncc(C(=O)O)s2)cc1. The normalized spacial score (nSPS) is 11.3. The molecule has 0 aliphatic heterocycles. The van der Waals surface area contributed by atoms with E-state index in [2.05, 4.69) is 25.8 Å². The first-order chi connectivity index (χ1) is 9.36. The highest BCUT2D eigenvalue weighted by molar-refractivity contribution is 7.13. The lowest BCUT2D eigenvalue weighted by Gasteiger charge is -2.19. The van der Waals surface area contributed by atoms with Crippen molar-refractivity contribution >= 4 is 17.3 Å². The van der Waals surface area contributed by atoms with Gasteiger partial charge in [-0.25, -0.2) is 9.78 Å². The molecule has 1 aromatic heterocycles. The third-order valence-electron chi connectivity index (χ3n) is 2.85. The average Bonchev–Trinajstić information content (AvgIpc) is 2.85. The van der Waals surface area contributed by atoms with E-state index in [0.717, 1.165) is 17.1 Å². The predicted octanol–water partition coefficient (Wildman–Crippen LogP) is 3.72. The summed E-state index contributed by atoms with van der Waals surface area (Å²) in [4.78, 5) is 15.0. The number of benzene rings is 1. The Kier molecular flexibility index (Phi) is 4.09. The lowest BCUT2D eigenvalue weighted by Crippen LogP contribution is -2.10. The predicted molar refractivity (Wildman–Crippen MR) is 78.5 cm³/mol. The van der Waals surface area contributed by atoms with Gasteiger partial charge in [0.25, 0.3) is 0 Å². The summed E-state index contributed by atoms with van der Waals surface area (Å²) < 4.78 is 5.61. The Morgan fingerprint density at radius 1 is 1.30 bits per heavy atom. The van der Waals surface area contributed by atoms with Crippen molar-refractivity contribution in [3.05, 3.63) is 45.9 Å². The number of carboxylic acid groups (broad SMARTS) is 1. The lowest BCUT2D eigenvalue weighted by molar-refractivity contribution is 0.0702. The van der Waals surface area contributed by atoms with Crippen molar-refractivity contribution in [1.82, 2.24) is 4.98 Å². The second-order valence-corrected chi connectivity index (χ2v) is 6.60. The molecular formula is C15H17NO3S. The molecule has 1 N–H and O–H groups in total. The van der Waals surface area contributed by atoms with Crippen LogP contribution in [0.4, 0.5) is 0 Å². The summed E-state index contributed by atoms with van der Waals surface area (Å²) >= 11 is 1.13. The Morgan fingerprint density at radius 2 is 1.95 bits per heavy atom. The Morgan fingerprint density at radius 3 is 2.45 bits per heavy atom. The van der Waals surface area contributed by atoms with Crippen LogP contribution in [-0.4, -0.2) is 16.1 Å². The number of aromatic carboxylic acids is 1. The van der Waals surface area contributed by atoms with Crippen molar-refractivity contribution in [2.45, 2.75) is 32.8 Å². The molecule has 4 nitrogen and oxygen atoms in total. The smallest absolute Gasteiger partial charge is 0.347 e. The summed E-state index contributed by atoms with van der Waals surface area (Å²) in [6, 6.07) is 7.93. The summed E-state index contributed by atoms with van der Waals surface area (Å²) in [6.45, 7) is 6.76. The Balaban J connectivity index is 1.98. The fraction of sp³-hybridized carbons (Fsp3) is 0.333. The number of hydrogen-bond donors (Lipinski definition) is 1. The molecule has 0 saturated heterocycles. The van der Waals surface area contributed by atoms with Crippen molar-refractivity contribution in [1.29, 1.82) is 0 Å². The second kappa shape index (κ2) is 5.63. The standard InChI is InChI=1S/C15H17NO3S/c1-15(2,3)10-4-6-11(7-5-10)19-9-13-16-8-12(20-13)14(17)18/h4-8H,9H2,1-3H3,(H,17,18). The van der Waals surface area contributed by atoms with Gasteiger partial charge in [0.05, 0.1) is 6.20 Å². The summed E-state index contributed by atoms with van der Waals surface area (Å²) in [5, 5.41) is 9.47. The number of hydrogen-bond acceptors (Lipinski definition) is 4. The molecule has 20 heavy (non-hydrogen) atoms. The molecule has 1 heterocycles. The second-order valence-electron chi connectivity index (χ2n) is 5.49. The van der Waals surface area contributed by atoms with E-state index in [9.17, 15) is 4.79 Å². The monoisotopic (exact) mass is 291 g/mol. The molecule has 2 aromatic rings. The zero-order chi connectivity index (χ0) is 14.8. The lowest BCUT2D eigenvalue weighted by atomic mass is 9.87. The molecule has 2 rings (SSSR count). The number of nitrogens with zero attached hydrogens (tertiary/aromatic N) is 1. The van der Waals surface area contributed by atoms with Crippen LogP contribution in [0, 0.1) is 0 Å². The third-order valence-corrected chi connectivity index (χ3v) is 3.81. The fourth-order valence-electron chi connectivity index (χ4n) is 1.67. The average molecular weight is 291 g/mol. The van der Waals surface area contributed by atoms with Crippen LogP contribution < -0.4 is 4.74 Å². The topological polar surface area (TPSA) is 59.4 Å². The Labute approximate surface area is 122 Å². The molecule has 0 amide bonds. The number of carbonyl (C=O) groups is 1. The van der Waals surface area contributed by atoms with E-state index in [1.165, 1.54) is 11.8 Å². The molecule has 1 aromatic carbocycles. The first-order valence-electron chi connectivity index (χ1n) is 6.27. The van der Waals surface area contributed by atoms with Crippen LogP contribution in [-0.2, 0) is 12.0 Å². The molecule has 0 unspecified atom stereocenters. The minimum absolute atomic E-state index is 0.115. The van der Waals surface area contributed by atoms with Gasteiger partial charge in [0, 0.05) is 0 Å². The number of thiazole rings is 1. The number of ether oxygens (including phenoxy) is 1. The van der Waals surface area contributed by atoms with E-state index in [4.69, 9.17) is 9.84 Å². The maximum atomic E-state index is 10.7. The molecule has 0 aliphatic carbocycles. The van der Waals surface area contributed by atoms with Gasteiger partial charge in [0.1, 0.15) is 22.2 Å². The van der Waals surface area contributed by atoms with E-state index in [-0.39, 0.29) is 16.9 Å². The molecular weight excluding hydrogens is 274 g/mol. The highest BCUT2D eigenvalue weighted by Gasteiger charge is 2.13. The maximum absolute atomic E-state index is 10.7. The van der Waals surface area contributed by atoms with Crippen LogP contribution in [0.15, 0.2) is 30.5 Å². The largest absolute Gasteiger partial charge is 0.486 e. The van der Waals surface area contributed by atoms with Crippen molar-refractivity contribution in [3.63, 3.8) is 0 Å². The van der Waals surface area contributed by atoms with E-state index in [1.54, 1.807) is 0 Å².